The molecular formula is C28H27Cl2N5O8. The number of amides is 4. The standard InChI is InChI=1S/C28H27Cl2N5O8/c29-15-11-16(30)24-19(12-15)33-27(43-24)23(39)18(13-22(37)38)32-26(41)20-7-4-10-34-21(36)9-8-17(28(42)35(20)34)31-25(40)14-5-2-1-3-6-14/h1-3,5-6,11-12,17-18,20,23,39H,4,7-10,13H2,(H,31,40)(H,32,41)(H,37,38). The first-order chi connectivity index (χ1) is 20.5. The smallest absolute Gasteiger partial charge is 0.305 e. The van der Waals surface area contributed by atoms with Crippen LogP contribution in [0.3, 0.4) is 0 Å². The van der Waals surface area contributed by atoms with Crippen LogP contribution in [0, 0.1) is 0 Å². The number of carbonyl (C=O) groups excluding carboxylic acids is 4. The van der Waals surface area contributed by atoms with Crippen molar-refractivity contribution in [3.63, 3.8) is 0 Å². The second-order valence-corrected chi connectivity index (χ2v) is 11.1. The Morgan fingerprint density at radius 3 is 2.58 bits per heavy atom. The molecule has 0 bridgehead atoms. The van der Waals surface area contributed by atoms with Crippen molar-refractivity contribution in [3.8, 4) is 0 Å². The lowest BCUT2D eigenvalue weighted by Gasteiger charge is -2.43. The molecular weight excluding hydrogens is 605 g/mol. The van der Waals surface area contributed by atoms with Gasteiger partial charge in [-0.1, -0.05) is 41.4 Å². The molecule has 4 unspecified atom stereocenters. The van der Waals surface area contributed by atoms with E-state index in [1.807, 2.05) is 0 Å². The van der Waals surface area contributed by atoms with Crippen LogP contribution < -0.4 is 10.6 Å². The molecule has 0 saturated carbocycles. The van der Waals surface area contributed by atoms with Crippen molar-refractivity contribution in [3.05, 3.63) is 64.0 Å². The van der Waals surface area contributed by atoms with Crippen molar-refractivity contribution in [1.82, 2.24) is 25.6 Å². The van der Waals surface area contributed by atoms with Crippen molar-refractivity contribution in [1.29, 1.82) is 0 Å². The molecule has 4 N–H and O–H groups in total. The number of aliphatic carboxylic acids is 1. The van der Waals surface area contributed by atoms with Crippen molar-refractivity contribution >= 4 is 63.9 Å². The first-order valence-electron chi connectivity index (χ1n) is 13.5. The SMILES string of the molecule is O=C(O)CC(NC(=O)C1CCCN2C(=O)CCC(NC(=O)c3ccccc3)C(=O)N12)C(O)c1nc2cc(Cl)cc(Cl)c2o1. The van der Waals surface area contributed by atoms with Gasteiger partial charge in [0.15, 0.2) is 11.7 Å². The van der Waals surface area contributed by atoms with Crippen molar-refractivity contribution in [2.75, 3.05) is 6.54 Å². The van der Waals surface area contributed by atoms with Crippen molar-refractivity contribution < 1.29 is 38.6 Å². The van der Waals surface area contributed by atoms with E-state index in [1.54, 1.807) is 30.3 Å². The van der Waals surface area contributed by atoms with Crippen molar-refractivity contribution in [2.45, 2.75) is 56.3 Å². The molecule has 0 aliphatic carbocycles. The number of aromatic nitrogens is 1. The minimum atomic E-state index is -1.72. The number of benzene rings is 2. The second-order valence-electron chi connectivity index (χ2n) is 10.2. The fourth-order valence-electron chi connectivity index (χ4n) is 5.22. The van der Waals surface area contributed by atoms with E-state index in [2.05, 4.69) is 15.6 Å². The first kappa shape index (κ1) is 30.3. The highest BCUT2D eigenvalue weighted by molar-refractivity contribution is 6.38. The van der Waals surface area contributed by atoms with Gasteiger partial charge >= 0.3 is 5.97 Å². The Bertz CT molecular complexity index is 1580. The van der Waals surface area contributed by atoms with Gasteiger partial charge in [-0.15, -0.1) is 0 Å². The number of carbonyl (C=O) groups is 5. The number of hydrogen-bond acceptors (Lipinski definition) is 8. The molecule has 15 heteroatoms. The Morgan fingerprint density at radius 1 is 1.12 bits per heavy atom. The average molecular weight is 632 g/mol. The minimum Gasteiger partial charge on any atom is -0.481 e. The lowest BCUT2D eigenvalue weighted by molar-refractivity contribution is -0.176. The normalized spacial score (nSPS) is 20.3. The third kappa shape index (κ3) is 6.43. The largest absolute Gasteiger partial charge is 0.481 e. The molecule has 3 aromatic rings. The van der Waals surface area contributed by atoms with Gasteiger partial charge < -0.3 is 25.3 Å². The Morgan fingerprint density at radius 2 is 1.86 bits per heavy atom. The van der Waals surface area contributed by atoms with Gasteiger partial charge in [0.05, 0.1) is 17.5 Å². The Labute approximate surface area is 254 Å². The number of oxazole rings is 1. The van der Waals surface area contributed by atoms with Crippen LogP contribution in [0.25, 0.3) is 11.1 Å². The highest BCUT2D eigenvalue weighted by atomic mass is 35.5. The van der Waals surface area contributed by atoms with Crippen LogP contribution in [0.4, 0.5) is 0 Å². The van der Waals surface area contributed by atoms with E-state index in [-0.39, 0.29) is 52.8 Å². The molecule has 2 aromatic carbocycles. The number of aliphatic hydroxyl groups excluding tert-OH is 1. The Kier molecular flexibility index (Phi) is 8.85. The summed E-state index contributed by atoms with van der Waals surface area (Å²) in [4.78, 5) is 69.0. The number of fused-ring (bicyclic) bond motifs is 2. The van der Waals surface area contributed by atoms with E-state index >= 15 is 0 Å². The zero-order valence-electron chi connectivity index (χ0n) is 22.5. The summed E-state index contributed by atoms with van der Waals surface area (Å²) in [5.41, 5.74) is 0.650. The predicted molar refractivity (Wildman–Crippen MR) is 152 cm³/mol. The maximum absolute atomic E-state index is 13.7. The summed E-state index contributed by atoms with van der Waals surface area (Å²) >= 11 is 12.2. The molecule has 0 radical (unpaired) electrons. The number of halogens is 2. The molecule has 2 aliphatic rings. The van der Waals surface area contributed by atoms with E-state index in [9.17, 15) is 34.2 Å². The fraction of sp³-hybridized carbons (Fsp3) is 0.357. The number of carboxylic acids is 1. The average Bonchev–Trinajstić information content (AvgIpc) is 3.37. The van der Waals surface area contributed by atoms with Gasteiger partial charge in [-0.2, -0.15) is 0 Å². The van der Waals surface area contributed by atoms with Gasteiger partial charge in [-0.25, -0.2) is 9.99 Å². The second kappa shape index (κ2) is 12.6. The third-order valence-corrected chi connectivity index (χ3v) is 7.79. The van der Waals surface area contributed by atoms with Crippen LogP contribution >= 0.6 is 23.2 Å². The predicted octanol–water partition coefficient (Wildman–Crippen LogP) is 2.45. The zero-order chi connectivity index (χ0) is 30.8. The number of carboxylic acid groups (broad SMARTS) is 1. The molecule has 226 valence electrons. The van der Waals surface area contributed by atoms with E-state index in [4.69, 9.17) is 27.6 Å². The number of aliphatic hydroxyl groups is 1. The summed E-state index contributed by atoms with van der Waals surface area (Å²) in [7, 11) is 0. The van der Waals surface area contributed by atoms with Crippen LogP contribution in [-0.4, -0.2) is 79.5 Å². The lowest BCUT2D eigenvalue weighted by Crippen LogP contribution is -2.64. The summed E-state index contributed by atoms with van der Waals surface area (Å²) in [5.74, 6) is -4.01. The quantitative estimate of drug-likeness (QED) is 0.290. The molecule has 4 amide bonds. The van der Waals surface area contributed by atoms with Gasteiger partial charge in [0, 0.05) is 23.6 Å². The zero-order valence-corrected chi connectivity index (χ0v) is 24.0. The highest BCUT2D eigenvalue weighted by Crippen LogP contribution is 2.32. The van der Waals surface area contributed by atoms with Gasteiger partial charge in [-0.05, 0) is 43.5 Å². The molecule has 13 nitrogen and oxygen atoms in total. The summed E-state index contributed by atoms with van der Waals surface area (Å²) in [6.45, 7) is 0.182. The van der Waals surface area contributed by atoms with Crippen LogP contribution in [-0.2, 0) is 19.2 Å². The lowest BCUT2D eigenvalue weighted by atomic mass is 10.0. The van der Waals surface area contributed by atoms with E-state index < -0.39 is 60.2 Å². The Hall–Kier alpha value is -4.20. The Balaban J connectivity index is 1.38. The maximum Gasteiger partial charge on any atom is 0.305 e. The monoisotopic (exact) mass is 631 g/mol. The summed E-state index contributed by atoms with van der Waals surface area (Å²) in [6.07, 6.45) is -1.93. The van der Waals surface area contributed by atoms with Crippen LogP contribution in [0.1, 0.15) is 54.5 Å². The molecule has 2 saturated heterocycles. The van der Waals surface area contributed by atoms with E-state index in [0.29, 0.717) is 12.0 Å². The number of hydrazine groups is 1. The van der Waals surface area contributed by atoms with Gasteiger partial charge in [0.25, 0.3) is 11.8 Å². The molecule has 4 atom stereocenters. The van der Waals surface area contributed by atoms with Crippen LogP contribution in [0.5, 0.6) is 0 Å². The van der Waals surface area contributed by atoms with Gasteiger partial charge in [-0.3, -0.25) is 29.0 Å². The van der Waals surface area contributed by atoms with Gasteiger partial charge in [0.1, 0.15) is 17.6 Å². The minimum absolute atomic E-state index is 0.0300. The number of nitrogens with zero attached hydrogens (tertiary/aromatic N) is 3. The summed E-state index contributed by atoms with van der Waals surface area (Å²) in [5, 5.41) is 28.4. The van der Waals surface area contributed by atoms with Crippen LogP contribution in [0.15, 0.2) is 46.9 Å². The summed E-state index contributed by atoms with van der Waals surface area (Å²) in [6, 6.07) is 7.35. The maximum atomic E-state index is 13.7. The van der Waals surface area contributed by atoms with Crippen molar-refractivity contribution in [2.24, 2.45) is 0 Å². The fourth-order valence-corrected chi connectivity index (χ4v) is 5.74. The molecule has 2 fully saturated rings. The van der Waals surface area contributed by atoms with Gasteiger partial charge in [0.2, 0.25) is 17.7 Å². The molecule has 3 heterocycles. The number of rotatable bonds is 8. The number of hydrogen-bond donors (Lipinski definition) is 4. The molecule has 2 aliphatic heterocycles. The molecule has 0 spiro atoms. The topological polar surface area (TPSA) is 182 Å². The molecule has 5 rings (SSSR count). The van der Waals surface area contributed by atoms with E-state index in [1.165, 1.54) is 17.1 Å². The molecule has 43 heavy (non-hydrogen) atoms. The first-order valence-corrected chi connectivity index (χ1v) is 14.2. The van der Waals surface area contributed by atoms with E-state index in [0.717, 1.165) is 5.01 Å². The third-order valence-electron chi connectivity index (χ3n) is 7.29. The molecule has 1 aromatic heterocycles. The summed E-state index contributed by atoms with van der Waals surface area (Å²) < 4.78 is 5.57. The highest BCUT2D eigenvalue weighted by Gasteiger charge is 2.45. The number of nitrogens with one attached hydrogen (secondary N) is 2. The van der Waals surface area contributed by atoms with Crippen LogP contribution in [0.2, 0.25) is 10.0 Å².